The normalized spacial score (nSPS) is 18.0. The van der Waals surface area contributed by atoms with Gasteiger partial charge in [0.15, 0.2) is 5.11 Å². The molecule has 160 valence electrons. The fourth-order valence-electron chi connectivity index (χ4n) is 4.05. The second-order valence-corrected chi connectivity index (χ2v) is 7.67. The van der Waals surface area contributed by atoms with Gasteiger partial charge in [-0.15, -0.1) is 0 Å². The maximum Gasteiger partial charge on any atom is 0.221 e. The second-order valence-electron chi connectivity index (χ2n) is 7.28. The first-order chi connectivity index (χ1) is 15.0. The largest absolute Gasteiger partial charge is 0.495 e. The van der Waals surface area contributed by atoms with Gasteiger partial charge in [-0.2, -0.15) is 0 Å². The molecule has 0 saturated carbocycles. The van der Waals surface area contributed by atoms with Crippen molar-refractivity contribution in [2.45, 2.75) is 32.5 Å². The third kappa shape index (κ3) is 3.98. The molecular formula is C23H25N5O2S. The molecule has 4 rings (SSSR count). The lowest BCUT2D eigenvalue weighted by atomic mass is 10.0. The lowest BCUT2D eigenvalue weighted by Gasteiger charge is -2.29. The van der Waals surface area contributed by atoms with Gasteiger partial charge < -0.3 is 24.8 Å². The molecule has 1 saturated heterocycles. The zero-order chi connectivity index (χ0) is 22.0. The second kappa shape index (κ2) is 8.77. The molecule has 0 spiro atoms. The molecule has 0 radical (unpaired) electrons. The van der Waals surface area contributed by atoms with E-state index in [1.54, 1.807) is 13.3 Å². The number of ether oxygens (including phenoxy) is 1. The van der Waals surface area contributed by atoms with E-state index in [4.69, 9.17) is 17.0 Å². The predicted molar refractivity (Wildman–Crippen MR) is 125 cm³/mol. The van der Waals surface area contributed by atoms with Gasteiger partial charge in [-0.25, -0.2) is 0 Å². The molecule has 31 heavy (non-hydrogen) atoms. The topological polar surface area (TPSA) is 71.4 Å². The maximum absolute atomic E-state index is 11.7. The Morgan fingerprint density at radius 3 is 2.77 bits per heavy atom. The quantitative estimate of drug-likeness (QED) is 0.570. The van der Waals surface area contributed by atoms with E-state index in [-0.39, 0.29) is 18.0 Å². The van der Waals surface area contributed by atoms with Gasteiger partial charge in [-0.05, 0) is 61.6 Å². The highest BCUT2D eigenvalue weighted by molar-refractivity contribution is 7.80. The minimum atomic E-state index is -0.166. The number of nitrogens with zero attached hydrogens (tertiary/aromatic N) is 3. The SMILES string of the molecule is CCn1cccc1C1C(c2ccccn2)NC(=S)N1c1ccc(OC)c(NC(C)=O)c1. The minimum absolute atomic E-state index is 0.115. The van der Waals surface area contributed by atoms with E-state index >= 15 is 0 Å². The summed E-state index contributed by atoms with van der Waals surface area (Å²) in [5.74, 6) is 0.423. The Kier molecular flexibility index (Phi) is 5.90. The number of anilines is 2. The number of rotatable bonds is 6. The van der Waals surface area contributed by atoms with Crippen LogP contribution in [-0.2, 0) is 11.3 Å². The number of hydrogen-bond acceptors (Lipinski definition) is 4. The van der Waals surface area contributed by atoms with E-state index in [0.29, 0.717) is 16.5 Å². The van der Waals surface area contributed by atoms with E-state index in [9.17, 15) is 4.79 Å². The van der Waals surface area contributed by atoms with E-state index in [1.807, 2.05) is 42.5 Å². The van der Waals surface area contributed by atoms with Crippen molar-refractivity contribution in [3.8, 4) is 5.75 Å². The van der Waals surface area contributed by atoms with Crippen LogP contribution >= 0.6 is 12.2 Å². The minimum Gasteiger partial charge on any atom is -0.495 e. The number of methoxy groups -OCH3 is 1. The molecule has 3 aromatic rings. The van der Waals surface area contributed by atoms with Gasteiger partial charge in [-0.3, -0.25) is 9.78 Å². The molecule has 2 unspecified atom stereocenters. The van der Waals surface area contributed by atoms with Crippen LogP contribution in [0.3, 0.4) is 0 Å². The number of amides is 1. The van der Waals surface area contributed by atoms with Crippen LogP contribution in [0.1, 0.15) is 37.3 Å². The number of nitrogens with one attached hydrogen (secondary N) is 2. The highest BCUT2D eigenvalue weighted by Crippen LogP contribution is 2.43. The number of carbonyl (C=O) groups excluding carboxylic acids is 1. The summed E-state index contributed by atoms with van der Waals surface area (Å²) in [4.78, 5) is 18.4. The van der Waals surface area contributed by atoms with Crippen LogP contribution < -0.4 is 20.3 Å². The van der Waals surface area contributed by atoms with Crippen LogP contribution in [0.5, 0.6) is 5.75 Å². The summed E-state index contributed by atoms with van der Waals surface area (Å²) >= 11 is 5.78. The number of aromatic nitrogens is 2. The summed E-state index contributed by atoms with van der Waals surface area (Å²) in [6.07, 6.45) is 3.86. The van der Waals surface area contributed by atoms with Crippen molar-refractivity contribution < 1.29 is 9.53 Å². The molecule has 2 atom stereocenters. The smallest absolute Gasteiger partial charge is 0.221 e. The Labute approximate surface area is 187 Å². The Morgan fingerprint density at radius 1 is 1.26 bits per heavy atom. The molecule has 1 aliphatic heterocycles. The van der Waals surface area contributed by atoms with Gasteiger partial charge in [0.1, 0.15) is 11.8 Å². The van der Waals surface area contributed by atoms with Crippen molar-refractivity contribution in [3.05, 3.63) is 72.3 Å². The lowest BCUT2D eigenvalue weighted by Crippen LogP contribution is -2.30. The average molecular weight is 436 g/mol. The van der Waals surface area contributed by atoms with Crippen molar-refractivity contribution in [2.24, 2.45) is 0 Å². The first-order valence-corrected chi connectivity index (χ1v) is 10.6. The van der Waals surface area contributed by atoms with Gasteiger partial charge in [0.2, 0.25) is 5.91 Å². The third-order valence-electron chi connectivity index (χ3n) is 5.38. The summed E-state index contributed by atoms with van der Waals surface area (Å²) in [5.41, 5.74) is 3.50. The summed E-state index contributed by atoms with van der Waals surface area (Å²) in [6.45, 7) is 4.43. The van der Waals surface area contributed by atoms with Crippen molar-refractivity contribution in [1.82, 2.24) is 14.9 Å². The van der Waals surface area contributed by atoms with Gasteiger partial charge in [0.05, 0.1) is 24.5 Å². The Bertz CT molecular complexity index is 1100. The molecule has 3 heterocycles. The molecule has 2 N–H and O–H groups in total. The lowest BCUT2D eigenvalue weighted by molar-refractivity contribution is -0.114. The van der Waals surface area contributed by atoms with Crippen LogP contribution in [-0.4, -0.2) is 27.7 Å². The molecule has 8 heteroatoms. The highest BCUT2D eigenvalue weighted by atomic mass is 32.1. The van der Waals surface area contributed by atoms with Crippen LogP contribution in [0.25, 0.3) is 0 Å². The Balaban J connectivity index is 1.83. The van der Waals surface area contributed by atoms with E-state index in [0.717, 1.165) is 23.6 Å². The first-order valence-electron chi connectivity index (χ1n) is 10.1. The molecule has 1 aromatic carbocycles. The zero-order valence-corrected chi connectivity index (χ0v) is 18.5. The number of benzene rings is 1. The first kappa shape index (κ1) is 20.9. The fraction of sp³-hybridized carbons (Fsp3) is 0.261. The number of carbonyl (C=O) groups is 1. The number of pyridine rings is 1. The molecular weight excluding hydrogens is 410 g/mol. The number of hydrogen-bond donors (Lipinski definition) is 2. The molecule has 1 amide bonds. The van der Waals surface area contributed by atoms with Crippen molar-refractivity contribution in [3.63, 3.8) is 0 Å². The third-order valence-corrected chi connectivity index (χ3v) is 5.69. The van der Waals surface area contributed by atoms with Gasteiger partial charge >= 0.3 is 0 Å². The zero-order valence-electron chi connectivity index (χ0n) is 17.7. The van der Waals surface area contributed by atoms with Crippen LogP contribution in [0, 0.1) is 0 Å². The standard InChI is InChI=1S/C23H25N5O2S/c1-4-27-13-7-9-19(27)22-21(17-8-5-6-12-24-17)26-23(31)28(22)16-10-11-20(30-3)18(14-16)25-15(2)29/h5-14,21-22H,4H2,1-3H3,(H,25,29)(H,26,31). The molecule has 0 aliphatic carbocycles. The molecule has 1 aliphatic rings. The maximum atomic E-state index is 11.7. The number of aryl methyl sites for hydroxylation is 1. The summed E-state index contributed by atoms with van der Waals surface area (Å²) in [5, 5.41) is 6.91. The summed E-state index contributed by atoms with van der Waals surface area (Å²) in [7, 11) is 1.58. The van der Waals surface area contributed by atoms with E-state index < -0.39 is 0 Å². The fourth-order valence-corrected chi connectivity index (χ4v) is 4.40. The van der Waals surface area contributed by atoms with E-state index in [2.05, 4.69) is 44.3 Å². The van der Waals surface area contributed by atoms with Gasteiger partial charge in [0, 0.05) is 37.2 Å². The molecule has 1 fully saturated rings. The molecule has 2 aromatic heterocycles. The van der Waals surface area contributed by atoms with Gasteiger partial charge in [-0.1, -0.05) is 6.07 Å². The number of thiocarbonyl (C=S) groups is 1. The van der Waals surface area contributed by atoms with Crippen LogP contribution in [0.4, 0.5) is 11.4 Å². The van der Waals surface area contributed by atoms with Crippen LogP contribution in [0.15, 0.2) is 60.9 Å². The monoisotopic (exact) mass is 435 g/mol. The summed E-state index contributed by atoms with van der Waals surface area (Å²) in [6, 6.07) is 15.5. The van der Waals surface area contributed by atoms with Crippen LogP contribution in [0.2, 0.25) is 0 Å². The summed E-state index contributed by atoms with van der Waals surface area (Å²) < 4.78 is 7.63. The highest BCUT2D eigenvalue weighted by Gasteiger charge is 2.42. The van der Waals surface area contributed by atoms with Crippen molar-refractivity contribution in [1.29, 1.82) is 0 Å². The molecule has 7 nitrogen and oxygen atoms in total. The average Bonchev–Trinajstić information content (AvgIpc) is 3.37. The van der Waals surface area contributed by atoms with Gasteiger partial charge in [0.25, 0.3) is 0 Å². The molecule has 0 bridgehead atoms. The van der Waals surface area contributed by atoms with Crippen molar-refractivity contribution >= 4 is 34.6 Å². The Hall–Kier alpha value is -3.39. The Morgan fingerprint density at radius 2 is 2.10 bits per heavy atom. The van der Waals surface area contributed by atoms with Crippen molar-refractivity contribution in [2.75, 3.05) is 17.3 Å². The predicted octanol–water partition coefficient (Wildman–Crippen LogP) is 4.05. The van der Waals surface area contributed by atoms with E-state index in [1.165, 1.54) is 6.92 Å².